The number of alkyl carbamates (subject to hydrolysis) is 1. The molecule has 1 amide bonds. The smallest absolute Gasteiger partial charge is 0.407 e. The SMILES string of the molecule is CC(C)(C)OC(=O)N[C@@H]1C[C@H](COCc2ccccc2)[C@@H](OCc2ccccc2)[C@H]1OCc1ccccc1. The Morgan fingerprint density at radius 1 is 0.737 bits per heavy atom. The van der Waals surface area contributed by atoms with Crippen LogP contribution in [0.5, 0.6) is 0 Å². The first kappa shape index (κ1) is 27.8. The van der Waals surface area contributed by atoms with Crippen molar-refractivity contribution in [3.8, 4) is 0 Å². The number of nitrogens with one attached hydrogen (secondary N) is 1. The minimum absolute atomic E-state index is 0.0307. The van der Waals surface area contributed by atoms with E-state index in [1.54, 1.807) is 0 Å². The van der Waals surface area contributed by atoms with Gasteiger partial charge in [-0.2, -0.15) is 0 Å². The van der Waals surface area contributed by atoms with Crippen LogP contribution in [0.15, 0.2) is 91.0 Å². The van der Waals surface area contributed by atoms with Gasteiger partial charge in [-0.1, -0.05) is 91.0 Å². The van der Waals surface area contributed by atoms with Crippen LogP contribution in [0, 0.1) is 5.92 Å². The Labute approximate surface area is 226 Å². The van der Waals surface area contributed by atoms with Crippen LogP contribution in [0.4, 0.5) is 4.79 Å². The van der Waals surface area contributed by atoms with Crippen molar-refractivity contribution < 1.29 is 23.7 Å². The number of benzene rings is 3. The van der Waals surface area contributed by atoms with Crippen molar-refractivity contribution in [2.75, 3.05) is 6.61 Å². The molecule has 4 atom stereocenters. The second-order valence-corrected chi connectivity index (χ2v) is 10.8. The molecule has 0 saturated heterocycles. The molecule has 0 radical (unpaired) electrons. The lowest BCUT2D eigenvalue weighted by Crippen LogP contribution is -2.46. The van der Waals surface area contributed by atoms with Crippen molar-refractivity contribution in [3.63, 3.8) is 0 Å². The van der Waals surface area contributed by atoms with Crippen LogP contribution in [0.1, 0.15) is 43.9 Å². The van der Waals surface area contributed by atoms with Crippen LogP contribution < -0.4 is 5.32 Å². The summed E-state index contributed by atoms with van der Waals surface area (Å²) in [5.74, 6) is 0.0307. The van der Waals surface area contributed by atoms with Crippen LogP contribution in [0.3, 0.4) is 0 Å². The fourth-order valence-electron chi connectivity index (χ4n) is 4.73. The Morgan fingerprint density at radius 2 is 1.21 bits per heavy atom. The summed E-state index contributed by atoms with van der Waals surface area (Å²) in [5, 5.41) is 3.07. The lowest BCUT2D eigenvalue weighted by atomic mass is 10.1. The highest BCUT2D eigenvalue weighted by atomic mass is 16.6. The van der Waals surface area contributed by atoms with E-state index in [0.717, 1.165) is 16.7 Å². The highest BCUT2D eigenvalue weighted by Crippen LogP contribution is 2.34. The third-order valence-electron chi connectivity index (χ3n) is 6.46. The highest BCUT2D eigenvalue weighted by Gasteiger charge is 2.46. The number of hydrogen-bond acceptors (Lipinski definition) is 5. The number of hydrogen-bond donors (Lipinski definition) is 1. The minimum atomic E-state index is -0.593. The van der Waals surface area contributed by atoms with Crippen molar-refractivity contribution >= 4 is 6.09 Å². The van der Waals surface area contributed by atoms with Crippen LogP contribution in [0.25, 0.3) is 0 Å². The molecule has 38 heavy (non-hydrogen) atoms. The fraction of sp³-hybridized carbons (Fsp3) is 0.406. The molecule has 1 aliphatic rings. The zero-order chi connectivity index (χ0) is 26.8. The lowest BCUT2D eigenvalue weighted by molar-refractivity contribution is -0.0996. The first-order valence-corrected chi connectivity index (χ1v) is 13.3. The topological polar surface area (TPSA) is 66.0 Å². The first-order chi connectivity index (χ1) is 18.4. The quantitative estimate of drug-likeness (QED) is 0.324. The van der Waals surface area contributed by atoms with Gasteiger partial charge >= 0.3 is 6.09 Å². The molecule has 4 rings (SSSR count). The van der Waals surface area contributed by atoms with Gasteiger partial charge in [-0.15, -0.1) is 0 Å². The zero-order valence-corrected chi connectivity index (χ0v) is 22.5. The Kier molecular flexibility index (Phi) is 9.93. The molecule has 1 N–H and O–H groups in total. The summed E-state index contributed by atoms with van der Waals surface area (Å²) in [4.78, 5) is 12.8. The standard InChI is InChI=1S/C32H39NO5/c1-32(2,3)38-31(34)33-28-19-27(23-35-20-24-13-7-4-8-14-24)29(36-21-25-15-9-5-10-16-25)30(28)37-22-26-17-11-6-12-18-26/h4-18,27-30H,19-23H2,1-3H3,(H,33,34)/t27-,28-,29-,30+/m1/s1. The predicted molar refractivity (Wildman–Crippen MR) is 147 cm³/mol. The Bertz CT molecular complexity index is 1100. The van der Waals surface area contributed by atoms with E-state index < -0.39 is 11.7 Å². The molecule has 0 aromatic heterocycles. The second kappa shape index (κ2) is 13.6. The summed E-state index contributed by atoms with van der Waals surface area (Å²) in [6, 6.07) is 30.0. The molecule has 1 fully saturated rings. The van der Waals surface area contributed by atoms with E-state index in [0.29, 0.717) is 32.8 Å². The third-order valence-corrected chi connectivity index (χ3v) is 6.46. The molecule has 202 valence electrons. The Balaban J connectivity index is 1.50. The number of carbonyl (C=O) groups excluding carboxylic acids is 1. The van der Waals surface area contributed by atoms with Gasteiger partial charge in [0, 0.05) is 5.92 Å². The number of ether oxygens (including phenoxy) is 4. The molecule has 3 aromatic rings. The third kappa shape index (κ3) is 8.69. The van der Waals surface area contributed by atoms with Crippen LogP contribution in [-0.4, -0.2) is 36.6 Å². The molecular formula is C32H39NO5. The molecule has 0 aliphatic heterocycles. The summed E-state index contributed by atoms with van der Waals surface area (Å²) >= 11 is 0. The van der Waals surface area contributed by atoms with Gasteiger partial charge in [-0.05, 0) is 43.9 Å². The normalized spacial score (nSPS) is 21.2. The number of rotatable bonds is 11. The van der Waals surface area contributed by atoms with E-state index >= 15 is 0 Å². The lowest BCUT2D eigenvalue weighted by Gasteiger charge is -2.28. The summed E-state index contributed by atoms with van der Waals surface area (Å²) in [5.41, 5.74) is 2.67. The summed E-state index contributed by atoms with van der Waals surface area (Å²) in [7, 11) is 0. The van der Waals surface area contributed by atoms with Gasteiger partial charge < -0.3 is 24.3 Å². The molecule has 3 aromatic carbocycles. The maximum Gasteiger partial charge on any atom is 0.407 e. The zero-order valence-electron chi connectivity index (χ0n) is 22.5. The maximum absolute atomic E-state index is 12.8. The highest BCUT2D eigenvalue weighted by molar-refractivity contribution is 5.68. The van der Waals surface area contributed by atoms with Gasteiger partial charge in [0.2, 0.25) is 0 Å². The monoisotopic (exact) mass is 517 g/mol. The van der Waals surface area contributed by atoms with Crippen LogP contribution in [-0.2, 0) is 38.8 Å². The molecule has 1 aliphatic carbocycles. The van der Waals surface area contributed by atoms with Gasteiger partial charge in [0.15, 0.2) is 0 Å². The predicted octanol–water partition coefficient (Wildman–Crippen LogP) is 6.29. The van der Waals surface area contributed by atoms with E-state index in [-0.39, 0.29) is 24.2 Å². The molecule has 0 bridgehead atoms. The molecule has 6 nitrogen and oxygen atoms in total. The van der Waals surface area contributed by atoms with Crippen molar-refractivity contribution in [2.24, 2.45) is 5.92 Å². The van der Waals surface area contributed by atoms with Gasteiger partial charge in [0.25, 0.3) is 0 Å². The molecule has 1 saturated carbocycles. The molecular weight excluding hydrogens is 478 g/mol. The van der Waals surface area contributed by atoms with Crippen LogP contribution >= 0.6 is 0 Å². The average Bonchev–Trinajstić information content (AvgIpc) is 3.22. The second-order valence-electron chi connectivity index (χ2n) is 10.8. The molecule has 6 heteroatoms. The van der Waals surface area contributed by atoms with E-state index in [9.17, 15) is 4.79 Å². The largest absolute Gasteiger partial charge is 0.444 e. The minimum Gasteiger partial charge on any atom is -0.444 e. The molecule has 0 spiro atoms. The van der Waals surface area contributed by atoms with Crippen molar-refractivity contribution in [1.82, 2.24) is 5.32 Å². The summed E-state index contributed by atoms with van der Waals surface area (Å²) in [6.45, 7) is 7.45. The Morgan fingerprint density at radius 3 is 1.71 bits per heavy atom. The van der Waals surface area contributed by atoms with Crippen LogP contribution in [0.2, 0.25) is 0 Å². The number of amides is 1. The molecule has 0 unspecified atom stereocenters. The van der Waals surface area contributed by atoms with E-state index in [4.69, 9.17) is 18.9 Å². The van der Waals surface area contributed by atoms with Crippen molar-refractivity contribution in [3.05, 3.63) is 108 Å². The van der Waals surface area contributed by atoms with Crippen molar-refractivity contribution in [2.45, 2.75) is 70.9 Å². The van der Waals surface area contributed by atoms with E-state index in [1.807, 2.05) is 99.6 Å². The molecule has 0 heterocycles. The Hall–Kier alpha value is -3.19. The van der Waals surface area contributed by atoms with Gasteiger partial charge in [-0.3, -0.25) is 0 Å². The summed E-state index contributed by atoms with van der Waals surface area (Å²) in [6.07, 6.45) is -0.428. The van der Waals surface area contributed by atoms with E-state index in [2.05, 4.69) is 17.4 Å². The average molecular weight is 518 g/mol. The van der Waals surface area contributed by atoms with Gasteiger partial charge in [-0.25, -0.2) is 4.79 Å². The first-order valence-electron chi connectivity index (χ1n) is 13.3. The maximum atomic E-state index is 12.8. The van der Waals surface area contributed by atoms with E-state index in [1.165, 1.54) is 0 Å². The fourth-order valence-corrected chi connectivity index (χ4v) is 4.73. The van der Waals surface area contributed by atoms with Crippen molar-refractivity contribution in [1.29, 1.82) is 0 Å². The van der Waals surface area contributed by atoms with Gasteiger partial charge in [0.1, 0.15) is 11.7 Å². The number of carbonyl (C=O) groups is 1. The summed E-state index contributed by atoms with van der Waals surface area (Å²) < 4.78 is 24.7. The van der Waals surface area contributed by atoms with Gasteiger partial charge in [0.05, 0.1) is 38.6 Å².